The van der Waals surface area contributed by atoms with E-state index in [1.807, 2.05) is 24.3 Å². The van der Waals surface area contributed by atoms with Gasteiger partial charge in [0.1, 0.15) is 5.75 Å². The normalized spacial score (nSPS) is 14.0. The maximum Gasteiger partial charge on any atom is 0.414 e. The summed E-state index contributed by atoms with van der Waals surface area (Å²) in [5, 5.41) is 14.8. The molecule has 0 radical (unpaired) electrons. The first kappa shape index (κ1) is 21.6. The maximum atomic E-state index is 11.5. The number of carbonyl (C=O) groups is 3. The first-order valence-electron chi connectivity index (χ1n) is 8.83. The smallest absolute Gasteiger partial charge is 0.414 e. The van der Waals surface area contributed by atoms with E-state index in [4.69, 9.17) is 24.5 Å². The minimum absolute atomic E-state index is 0.0638. The van der Waals surface area contributed by atoms with Gasteiger partial charge in [0.15, 0.2) is 5.78 Å². The van der Waals surface area contributed by atoms with Crippen LogP contribution in [0.2, 0.25) is 0 Å². The van der Waals surface area contributed by atoms with Crippen LogP contribution in [0.5, 0.6) is 5.75 Å². The lowest BCUT2D eigenvalue weighted by Crippen LogP contribution is -2.30. The van der Waals surface area contributed by atoms with Crippen molar-refractivity contribution in [2.45, 2.75) is 39.0 Å². The summed E-state index contributed by atoms with van der Waals surface area (Å²) in [6.45, 7) is 5.97. The van der Waals surface area contributed by atoms with E-state index < -0.39 is 11.9 Å². The van der Waals surface area contributed by atoms with Crippen molar-refractivity contribution in [1.29, 1.82) is 0 Å². The number of hydrogen-bond acceptors (Lipinski definition) is 5. The highest BCUT2D eigenvalue weighted by molar-refractivity contribution is 6.27. The molecule has 0 unspecified atom stereocenters. The summed E-state index contributed by atoms with van der Waals surface area (Å²) in [6, 6.07) is 7.49. The Kier molecular flexibility index (Phi) is 10.0. The molecule has 2 N–H and O–H groups in total. The number of para-hydroxylation sites is 1. The Morgan fingerprint density at radius 2 is 1.62 bits per heavy atom. The summed E-state index contributed by atoms with van der Waals surface area (Å²) in [7, 11) is 0. The average molecular weight is 365 g/mol. The van der Waals surface area contributed by atoms with Crippen molar-refractivity contribution in [3.63, 3.8) is 0 Å². The van der Waals surface area contributed by atoms with Crippen LogP contribution in [0.3, 0.4) is 0 Å². The van der Waals surface area contributed by atoms with E-state index in [0.29, 0.717) is 12.2 Å². The van der Waals surface area contributed by atoms with Gasteiger partial charge in [-0.25, -0.2) is 9.59 Å². The Labute approximate surface area is 153 Å². The van der Waals surface area contributed by atoms with Gasteiger partial charge in [-0.15, -0.1) is 0 Å². The zero-order valence-electron chi connectivity index (χ0n) is 15.1. The molecule has 0 bridgehead atoms. The van der Waals surface area contributed by atoms with Crippen LogP contribution in [0.25, 0.3) is 0 Å². The fraction of sp³-hybridized carbons (Fsp3) is 0.526. The van der Waals surface area contributed by atoms with Crippen LogP contribution < -0.4 is 4.74 Å². The third kappa shape index (κ3) is 8.62. The second-order valence-electron chi connectivity index (χ2n) is 6.12. The second-order valence-corrected chi connectivity index (χ2v) is 6.12. The number of Topliss-reactive ketones (excluding diaryl/α,β-unsaturated/α-hetero) is 1. The zero-order valence-corrected chi connectivity index (χ0v) is 15.1. The summed E-state index contributed by atoms with van der Waals surface area (Å²) in [6.07, 6.45) is 6.30. The van der Waals surface area contributed by atoms with Gasteiger partial charge in [-0.3, -0.25) is 4.79 Å². The molecule has 26 heavy (non-hydrogen) atoms. The Morgan fingerprint density at radius 1 is 1.00 bits per heavy atom. The SMILES string of the molecule is CC(=O)c1ccccc1OCCCCN1CCCCC1.O=C(O)C(=O)O. The topological polar surface area (TPSA) is 104 Å². The highest BCUT2D eigenvalue weighted by atomic mass is 16.5. The first-order valence-corrected chi connectivity index (χ1v) is 8.83. The molecule has 1 aliphatic heterocycles. The number of nitrogens with zero attached hydrogens (tertiary/aromatic N) is 1. The number of unbranched alkanes of at least 4 members (excludes halogenated alkanes) is 1. The zero-order chi connectivity index (χ0) is 19.4. The van der Waals surface area contributed by atoms with E-state index in [0.717, 1.165) is 12.2 Å². The largest absolute Gasteiger partial charge is 0.493 e. The molecule has 0 saturated carbocycles. The first-order chi connectivity index (χ1) is 12.4. The standard InChI is InChI=1S/C17H25NO2.C2H2O4/c1-15(19)16-9-3-4-10-17(16)20-14-8-7-13-18-11-5-2-6-12-18;3-1(4)2(5)6/h3-4,9-10H,2,5-8,11-14H2,1H3;(H,3,4)(H,5,6). The molecule has 1 aromatic carbocycles. The lowest BCUT2D eigenvalue weighted by molar-refractivity contribution is -0.159. The molecule has 7 nitrogen and oxygen atoms in total. The van der Waals surface area contributed by atoms with Gasteiger partial charge in [-0.1, -0.05) is 18.6 Å². The number of carboxylic acid groups (broad SMARTS) is 2. The predicted molar refractivity (Wildman–Crippen MR) is 96.7 cm³/mol. The van der Waals surface area contributed by atoms with Crippen molar-refractivity contribution in [2.75, 3.05) is 26.2 Å². The van der Waals surface area contributed by atoms with E-state index in [-0.39, 0.29) is 5.78 Å². The third-order valence-corrected chi connectivity index (χ3v) is 4.02. The number of benzene rings is 1. The molecule has 1 saturated heterocycles. The van der Waals surface area contributed by atoms with Gasteiger partial charge >= 0.3 is 11.9 Å². The van der Waals surface area contributed by atoms with Gasteiger partial charge < -0.3 is 19.8 Å². The molecule has 0 aromatic heterocycles. The van der Waals surface area contributed by atoms with Crippen LogP contribution in [0.4, 0.5) is 0 Å². The van der Waals surface area contributed by atoms with Crippen LogP contribution in [0, 0.1) is 0 Å². The van der Waals surface area contributed by atoms with Gasteiger partial charge in [0.2, 0.25) is 0 Å². The Morgan fingerprint density at radius 3 is 2.19 bits per heavy atom. The van der Waals surface area contributed by atoms with Crippen molar-refractivity contribution in [3.05, 3.63) is 29.8 Å². The number of carboxylic acids is 2. The minimum Gasteiger partial charge on any atom is -0.493 e. The summed E-state index contributed by atoms with van der Waals surface area (Å²) in [5.74, 6) is -2.86. The second kappa shape index (κ2) is 12.0. The molecular formula is C19H27NO6. The van der Waals surface area contributed by atoms with Crippen LogP contribution in [-0.4, -0.2) is 59.1 Å². The van der Waals surface area contributed by atoms with Gasteiger partial charge in [0.05, 0.1) is 12.2 Å². The predicted octanol–water partition coefficient (Wildman–Crippen LogP) is 2.69. The van der Waals surface area contributed by atoms with E-state index in [1.165, 1.54) is 45.3 Å². The van der Waals surface area contributed by atoms with Crippen LogP contribution in [-0.2, 0) is 9.59 Å². The minimum atomic E-state index is -1.82. The number of carbonyl (C=O) groups excluding carboxylic acids is 1. The molecule has 1 aromatic rings. The van der Waals surface area contributed by atoms with Crippen molar-refractivity contribution in [1.82, 2.24) is 4.90 Å². The van der Waals surface area contributed by atoms with Crippen molar-refractivity contribution in [2.24, 2.45) is 0 Å². The number of rotatable bonds is 7. The third-order valence-electron chi connectivity index (χ3n) is 4.02. The number of piperidine rings is 1. The highest BCUT2D eigenvalue weighted by Gasteiger charge is 2.10. The summed E-state index contributed by atoms with van der Waals surface area (Å²) in [4.78, 5) is 32.2. The van der Waals surface area contributed by atoms with E-state index >= 15 is 0 Å². The molecule has 1 aliphatic rings. The summed E-state index contributed by atoms with van der Waals surface area (Å²) < 4.78 is 5.75. The number of ketones is 1. The van der Waals surface area contributed by atoms with Gasteiger partial charge in [0, 0.05) is 0 Å². The molecule has 0 spiro atoms. The van der Waals surface area contributed by atoms with Crippen molar-refractivity contribution < 1.29 is 29.3 Å². The molecular weight excluding hydrogens is 338 g/mol. The molecule has 0 aliphatic carbocycles. The van der Waals surface area contributed by atoms with Gasteiger partial charge in [-0.05, 0) is 64.4 Å². The number of likely N-dealkylation sites (tertiary alicyclic amines) is 1. The summed E-state index contributed by atoms with van der Waals surface area (Å²) >= 11 is 0. The fourth-order valence-corrected chi connectivity index (χ4v) is 2.69. The monoisotopic (exact) mass is 365 g/mol. The molecule has 0 atom stereocenters. The highest BCUT2D eigenvalue weighted by Crippen LogP contribution is 2.18. The molecule has 0 amide bonds. The molecule has 7 heteroatoms. The maximum absolute atomic E-state index is 11.5. The Bertz CT molecular complexity index is 583. The quantitative estimate of drug-likeness (QED) is 0.435. The fourth-order valence-electron chi connectivity index (χ4n) is 2.69. The number of hydrogen-bond donors (Lipinski definition) is 2. The van der Waals surface area contributed by atoms with E-state index in [1.54, 1.807) is 6.92 Å². The molecule has 1 fully saturated rings. The Balaban J connectivity index is 0.000000487. The number of aliphatic carboxylic acids is 2. The van der Waals surface area contributed by atoms with Crippen molar-refractivity contribution >= 4 is 17.7 Å². The van der Waals surface area contributed by atoms with Gasteiger partial charge in [0.25, 0.3) is 0 Å². The molecule has 144 valence electrons. The average Bonchev–Trinajstić information content (AvgIpc) is 2.63. The summed E-state index contributed by atoms with van der Waals surface area (Å²) in [5.41, 5.74) is 0.684. The Hall–Kier alpha value is -2.41. The van der Waals surface area contributed by atoms with Crippen LogP contribution in [0.1, 0.15) is 49.4 Å². The molecule has 1 heterocycles. The van der Waals surface area contributed by atoms with E-state index in [9.17, 15) is 4.79 Å². The van der Waals surface area contributed by atoms with Gasteiger partial charge in [-0.2, -0.15) is 0 Å². The van der Waals surface area contributed by atoms with Crippen LogP contribution in [0.15, 0.2) is 24.3 Å². The van der Waals surface area contributed by atoms with Crippen molar-refractivity contribution in [3.8, 4) is 5.75 Å². The lowest BCUT2D eigenvalue weighted by Gasteiger charge is -2.26. The molecule has 2 rings (SSSR count). The number of ether oxygens (including phenoxy) is 1. The van der Waals surface area contributed by atoms with E-state index in [2.05, 4.69) is 4.90 Å². The lowest BCUT2D eigenvalue weighted by atomic mass is 10.1. The van der Waals surface area contributed by atoms with Crippen LogP contribution >= 0.6 is 0 Å².